The Hall–Kier alpha value is -1.36. The van der Waals surface area contributed by atoms with Gasteiger partial charge in [0.1, 0.15) is 10.4 Å². The lowest BCUT2D eigenvalue weighted by Crippen LogP contribution is -1.98. The van der Waals surface area contributed by atoms with Crippen molar-refractivity contribution in [1.82, 2.24) is 9.55 Å². The van der Waals surface area contributed by atoms with E-state index in [9.17, 15) is 4.39 Å². The van der Waals surface area contributed by atoms with Crippen LogP contribution in [-0.4, -0.2) is 16.7 Å². The highest BCUT2D eigenvalue weighted by atomic mass is 79.9. The standard InChI is InChI=1S/C10H8BrFN2O/c1-15-10-13-6-9(11)14(10)8-4-2-7(12)3-5-8/h2-6H,1H3. The Morgan fingerprint density at radius 3 is 2.60 bits per heavy atom. The quantitative estimate of drug-likeness (QED) is 0.839. The van der Waals surface area contributed by atoms with Crippen LogP contribution in [0, 0.1) is 5.82 Å². The molecule has 0 radical (unpaired) electrons. The van der Waals surface area contributed by atoms with Gasteiger partial charge < -0.3 is 4.74 Å². The molecule has 1 aromatic carbocycles. The molecule has 1 heterocycles. The lowest BCUT2D eigenvalue weighted by molar-refractivity contribution is 0.373. The van der Waals surface area contributed by atoms with E-state index in [1.165, 1.54) is 19.2 Å². The van der Waals surface area contributed by atoms with Gasteiger partial charge >= 0.3 is 6.01 Å². The zero-order valence-corrected chi connectivity index (χ0v) is 9.53. The van der Waals surface area contributed by atoms with Gasteiger partial charge in [0.15, 0.2) is 0 Å². The third kappa shape index (κ3) is 1.87. The van der Waals surface area contributed by atoms with Crippen LogP contribution in [0.1, 0.15) is 0 Å². The molecule has 0 aliphatic rings. The summed E-state index contributed by atoms with van der Waals surface area (Å²) in [5.74, 6) is -0.269. The minimum atomic E-state index is -0.269. The maximum atomic E-state index is 12.7. The number of ether oxygens (including phenoxy) is 1. The average molecular weight is 271 g/mol. The summed E-state index contributed by atoms with van der Waals surface area (Å²) >= 11 is 3.34. The van der Waals surface area contributed by atoms with Crippen molar-refractivity contribution < 1.29 is 9.13 Å². The highest BCUT2D eigenvalue weighted by Crippen LogP contribution is 2.23. The number of hydrogen-bond donors (Lipinski definition) is 0. The summed E-state index contributed by atoms with van der Waals surface area (Å²) < 4.78 is 20.3. The van der Waals surface area contributed by atoms with E-state index in [2.05, 4.69) is 20.9 Å². The molecule has 0 saturated heterocycles. The van der Waals surface area contributed by atoms with Gasteiger partial charge in [-0.25, -0.2) is 9.37 Å². The van der Waals surface area contributed by atoms with Crippen LogP contribution in [0.4, 0.5) is 4.39 Å². The summed E-state index contributed by atoms with van der Waals surface area (Å²) in [6.07, 6.45) is 1.63. The minimum Gasteiger partial charge on any atom is -0.468 e. The molecular formula is C10H8BrFN2O. The second-order valence-corrected chi connectivity index (χ2v) is 3.69. The summed E-state index contributed by atoms with van der Waals surface area (Å²) in [7, 11) is 1.54. The fourth-order valence-electron chi connectivity index (χ4n) is 1.28. The van der Waals surface area contributed by atoms with Gasteiger partial charge in [0.25, 0.3) is 0 Å². The van der Waals surface area contributed by atoms with Gasteiger partial charge in [-0.2, -0.15) is 0 Å². The molecule has 2 aromatic rings. The van der Waals surface area contributed by atoms with Crippen molar-refractivity contribution in [2.75, 3.05) is 7.11 Å². The van der Waals surface area contributed by atoms with E-state index in [0.29, 0.717) is 6.01 Å². The number of aromatic nitrogens is 2. The zero-order valence-electron chi connectivity index (χ0n) is 7.95. The third-order valence-electron chi connectivity index (χ3n) is 1.95. The molecule has 0 unspecified atom stereocenters. The van der Waals surface area contributed by atoms with Gasteiger partial charge in [0, 0.05) is 0 Å². The summed E-state index contributed by atoms with van der Waals surface area (Å²) in [5, 5.41) is 0. The monoisotopic (exact) mass is 270 g/mol. The third-order valence-corrected chi connectivity index (χ3v) is 2.51. The second kappa shape index (κ2) is 4.02. The first-order valence-corrected chi connectivity index (χ1v) is 5.05. The van der Waals surface area contributed by atoms with Gasteiger partial charge in [-0.05, 0) is 40.2 Å². The maximum absolute atomic E-state index is 12.7. The van der Waals surface area contributed by atoms with E-state index in [4.69, 9.17) is 4.74 Å². The Morgan fingerprint density at radius 2 is 2.00 bits per heavy atom. The molecule has 0 N–H and O–H groups in total. The van der Waals surface area contributed by atoms with Crippen molar-refractivity contribution >= 4 is 15.9 Å². The SMILES string of the molecule is COc1ncc(Br)n1-c1ccc(F)cc1. The van der Waals surface area contributed by atoms with E-state index in [1.807, 2.05) is 0 Å². The van der Waals surface area contributed by atoms with E-state index in [1.54, 1.807) is 22.9 Å². The highest BCUT2D eigenvalue weighted by Gasteiger charge is 2.09. The fraction of sp³-hybridized carbons (Fsp3) is 0.100. The van der Waals surface area contributed by atoms with Crippen LogP contribution in [0.25, 0.3) is 5.69 Å². The Bertz CT molecular complexity index is 467. The van der Waals surface area contributed by atoms with Crippen LogP contribution in [0.5, 0.6) is 6.01 Å². The van der Waals surface area contributed by atoms with Crippen molar-refractivity contribution in [3.8, 4) is 11.7 Å². The van der Waals surface area contributed by atoms with Gasteiger partial charge in [0.05, 0.1) is 19.0 Å². The van der Waals surface area contributed by atoms with Crippen LogP contribution in [0.3, 0.4) is 0 Å². The maximum Gasteiger partial charge on any atom is 0.301 e. The molecular weight excluding hydrogens is 263 g/mol. The van der Waals surface area contributed by atoms with Crippen LogP contribution >= 0.6 is 15.9 Å². The molecule has 2 rings (SSSR count). The van der Waals surface area contributed by atoms with Crippen LogP contribution < -0.4 is 4.74 Å². The largest absolute Gasteiger partial charge is 0.468 e. The molecule has 0 saturated carbocycles. The molecule has 1 aromatic heterocycles. The van der Waals surface area contributed by atoms with Crippen molar-refractivity contribution in [2.24, 2.45) is 0 Å². The smallest absolute Gasteiger partial charge is 0.301 e. The minimum absolute atomic E-state index is 0.269. The van der Waals surface area contributed by atoms with E-state index in [-0.39, 0.29) is 5.82 Å². The van der Waals surface area contributed by atoms with Crippen molar-refractivity contribution in [1.29, 1.82) is 0 Å². The second-order valence-electron chi connectivity index (χ2n) is 2.88. The lowest BCUT2D eigenvalue weighted by atomic mass is 10.3. The van der Waals surface area contributed by atoms with E-state index in [0.717, 1.165) is 10.3 Å². The summed E-state index contributed by atoms with van der Waals surface area (Å²) in [5.41, 5.74) is 0.789. The summed E-state index contributed by atoms with van der Waals surface area (Å²) in [4.78, 5) is 4.03. The van der Waals surface area contributed by atoms with Gasteiger partial charge in [-0.1, -0.05) is 0 Å². The zero-order chi connectivity index (χ0) is 10.8. The van der Waals surface area contributed by atoms with Gasteiger partial charge in [-0.15, -0.1) is 0 Å². The lowest BCUT2D eigenvalue weighted by Gasteiger charge is -2.07. The summed E-state index contributed by atoms with van der Waals surface area (Å²) in [6, 6.07) is 6.55. The van der Waals surface area contributed by atoms with Crippen LogP contribution in [0.15, 0.2) is 35.1 Å². The van der Waals surface area contributed by atoms with Crippen molar-refractivity contribution in [2.45, 2.75) is 0 Å². The number of hydrogen-bond acceptors (Lipinski definition) is 2. The molecule has 0 aliphatic carbocycles. The fourth-order valence-corrected chi connectivity index (χ4v) is 1.74. The molecule has 0 amide bonds. The molecule has 15 heavy (non-hydrogen) atoms. The number of nitrogens with zero attached hydrogens (tertiary/aromatic N) is 2. The molecule has 0 bridgehead atoms. The number of benzene rings is 1. The highest BCUT2D eigenvalue weighted by molar-refractivity contribution is 9.10. The van der Waals surface area contributed by atoms with Crippen molar-refractivity contribution in [3.05, 3.63) is 40.9 Å². The number of rotatable bonds is 2. The Morgan fingerprint density at radius 1 is 1.33 bits per heavy atom. The molecule has 0 atom stereocenters. The average Bonchev–Trinajstić information content (AvgIpc) is 2.61. The topological polar surface area (TPSA) is 27.1 Å². The van der Waals surface area contributed by atoms with Gasteiger partial charge in [0.2, 0.25) is 0 Å². The molecule has 0 fully saturated rings. The van der Waals surface area contributed by atoms with E-state index >= 15 is 0 Å². The Balaban J connectivity index is 2.52. The first-order chi connectivity index (χ1) is 7.22. The predicted molar refractivity (Wildman–Crippen MR) is 57.8 cm³/mol. The van der Waals surface area contributed by atoms with Crippen LogP contribution in [-0.2, 0) is 0 Å². The Labute approximate surface area is 94.6 Å². The molecule has 0 aliphatic heterocycles. The number of halogens is 2. The number of methoxy groups -OCH3 is 1. The Kier molecular flexibility index (Phi) is 2.73. The van der Waals surface area contributed by atoms with Crippen molar-refractivity contribution in [3.63, 3.8) is 0 Å². The number of imidazole rings is 1. The molecule has 0 spiro atoms. The van der Waals surface area contributed by atoms with Gasteiger partial charge in [-0.3, -0.25) is 4.57 Å². The molecule has 3 nitrogen and oxygen atoms in total. The summed E-state index contributed by atoms with van der Waals surface area (Å²) in [6.45, 7) is 0. The van der Waals surface area contributed by atoms with E-state index < -0.39 is 0 Å². The first-order valence-electron chi connectivity index (χ1n) is 4.25. The molecule has 78 valence electrons. The predicted octanol–water partition coefficient (Wildman–Crippen LogP) is 2.78. The first kappa shape index (κ1) is 10.2. The normalized spacial score (nSPS) is 10.3. The molecule has 5 heteroatoms. The van der Waals surface area contributed by atoms with Crippen LogP contribution in [0.2, 0.25) is 0 Å².